The van der Waals surface area contributed by atoms with Crippen LogP contribution in [0.1, 0.15) is 89.7 Å². The molecule has 114 heavy (non-hydrogen) atoms. The molecule has 0 saturated carbocycles. The third-order valence-corrected chi connectivity index (χ3v) is 28.1. The number of likely N-dealkylation sites (N-methyl/N-ethyl adjacent to an activating group) is 1. The minimum atomic E-state index is 0. The first-order valence-electron chi connectivity index (χ1n) is 40.9. The molecule has 4 aromatic carbocycles. The van der Waals surface area contributed by atoms with Gasteiger partial charge in [-0.1, -0.05) is 133 Å². The van der Waals surface area contributed by atoms with Crippen molar-refractivity contribution in [2.24, 2.45) is 15.7 Å². The van der Waals surface area contributed by atoms with Crippen LogP contribution >= 0.6 is 69.4 Å². The van der Waals surface area contributed by atoms with Crippen LogP contribution in [0.5, 0.6) is 0 Å². The van der Waals surface area contributed by atoms with Crippen LogP contribution in [0.25, 0.3) is 40.9 Å². The van der Waals surface area contributed by atoms with Crippen LogP contribution in [-0.2, 0) is 51.4 Å². The Morgan fingerprint density at radius 2 is 0.693 bits per heavy atom. The highest BCUT2D eigenvalue weighted by Gasteiger charge is 2.30. The molecular weight excluding hydrogens is 1540 g/mol. The molecule has 4 saturated heterocycles. The van der Waals surface area contributed by atoms with Crippen molar-refractivity contribution in [1.82, 2.24) is 69.7 Å². The first-order chi connectivity index (χ1) is 55.7. The number of aryl methyl sites for hydroxylation is 8. The predicted molar refractivity (Wildman–Crippen MR) is 480 cm³/mol. The van der Waals surface area contributed by atoms with Crippen LogP contribution in [-0.4, -0.2) is 247 Å². The number of halogens is 2. The minimum absolute atomic E-state index is 0. The number of aromatic nitrogens is 8. The Morgan fingerprint density at radius 3 is 1.04 bits per heavy atom. The van der Waals surface area contributed by atoms with E-state index in [2.05, 4.69) is 203 Å². The fourth-order valence-electron chi connectivity index (χ4n) is 17.0. The minimum Gasteiger partial charge on any atom is -0.353 e. The molecule has 4 fully saturated rings. The monoisotopic (exact) mass is 1640 g/mol. The van der Waals surface area contributed by atoms with Crippen molar-refractivity contribution in [3.05, 3.63) is 216 Å². The Bertz CT molecular complexity index is 5060. The molecule has 4 aliphatic heterocycles. The van der Waals surface area contributed by atoms with Gasteiger partial charge >= 0.3 is 0 Å². The lowest BCUT2D eigenvalue weighted by Crippen LogP contribution is -2.48. The molecule has 26 heteroatoms. The highest BCUT2D eigenvalue weighted by Crippen LogP contribution is 2.44. The van der Waals surface area contributed by atoms with Gasteiger partial charge in [-0.05, 0) is 113 Å². The Balaban J connectivity index is 0.000000115. The average molecular weight is 1640 g/mol. The zero-order chi connectivity index (χ0) is 76.7. The van der Waals surface area contributed by atoms with Crippen molar-refractivity contribution >= 4 is 139 Å². The summed E-state index contributed by atoms with van der Waals surface area (Å²) in [6, 6.07) is 42.0. The third kappa shape index (κ3) is 19.5. The van der Waals surface area contributed by atoms with Crippen LogP contribution in [0.2, 0.25) is 5.15 Å². The van der Waals surface area contributed by atoms with E-state index in [4.69, 9.17) is 32.3 Å². The van der Waals surface area contributed by atoms with E-state index in [0.717, 1.165) is 197 Å². The number of piperazine rings is 4. The van der Waals surface area contributed by atoms with Gasteiger partial charge in [0.15, 0.2) is 0 Å². The molecule has 12 aromatic rings. The Hall–Kier alpha value is -7.92. The molecule has 4 aliphatic carbocycles. The maximum absolute atomic E-state index is 6.04. The lowest BCUT2D eigenvalue weighted by molar-refractivity contribution is 0.229. The number of aliphatic imine (C=N–C) groups is 2. The first kappa shape index (κ1) is 81.2. The number of fused-ring (bicyclic) bond motifs is 12. The average Bonchev–Trinajstić information content (AvgIpc) is 1.63. The number of hydrogen-bond acceptors (Lipinski definition) is 24. The van der Waals surface area contributed by atoms with Gasteiger partial charge in [0.1, 0.15) is 67.2 Å². The van der Waals surface area contributed by atoms with E-state index in [9.17, 15) is 0 Å². The van der Waals surface area contributed by atoms with Gasteiger partial charge in [-0.2, -0.15) is 0 Å². The van der Waals surface area contributed by atoms with Gasteiger partial charge in [-0.25, -0.2) is 39.9 Å². The van der Waals surface area contributed by atoms with Crippen molar-refractivity contribution < 1.29 is 0 Å². The largest absolute Gasteiger partial charge is 0.353 e. The van der Waals surface area contributed by atoms with Crippen LogP contribution in [0.3, 0.4) is 0 Å². The van der Waals surface area contributed by atoms with E-state index in [0.29, 0.717) is 5.15 Å². The molecule has 0 spiro atoms. The van der Waals surface area contributed by atoms with Gasteiger partial charge in [0.25, 0.3) is 0 Å². The Kier molecular flexibility index (Phi) is 28.4. The Labute approximate surface area is 698 Å². The van der Waals surface area contributed by atoms with E-state index < -0.39 is 0 Å². The van der Waals surface area contributed by atoms with Crippen molar-refractivity contribution in [1.29, 1.82) is 0 Å². The second kappa shape index (κ2) is 39.8. The maximum Gasteiger partial charge on any atom is 0.141 e. The lowest BCUT2D eigenvalue weighted by atomic mass is 10.0. The van der Waals surface area contributed by atoms with Gasteiger partial charge in [-0.3, -0.25) is 29.6 Å². The number of nitrogens with one attached hydrogen (secondary N) is 1. The molecular formula is C88H106Cl2N20S4. The summed E-state index contributed by atoms with van der Waals surface area (Å²) in [5, 5.41) is 9.12. The molecule has 20 nitrogen and oxygen atoms in total. The molecule has 0 amide bonds. The zero-order valence-corrected chi connectivity index (χ0v) is 70.7. The summed E-state index contributed by atoms with van der Waals surface area (Å²) in [4.78, 5) is 76.1. The van der Waals surface area contributed by atoms with Gasteiger partial charge in [-0.15, -0.1) is 57.8 Å². The van der Waals surface area contributed by atoms with Crippen LogP contribution in [0.4, 0.5) is 17.5 Å². The number of nitrogens with two attached hydrogens (primary N) is 1. The van der Waals surface area contributed by atoms with Crippen molar-refractivity contribution in [3.8, 4) is 0 Å². The molecule has 0 radical (unpaired) electrons. The molecule has 596 valence electrons. The van der Waals surface area contributed by atoms with E-state index in [-0.39, 0.29) is 12.4 Å². The molecule has 8 aliphatic rings. The van der Waals surface area contributed by atoms with Crippen LogP contribution in [0.15, 0.2) is 157 Å². The van der Waals surface area contributed by atoms with Gasteiger partial charge in [0, 0.05) is 186 Å². The topological polar surface area (TPSA) is 192 Å². The third-order valence-electron chi connectivity index (χ3n) is 23.0. The molecule has 0 atom stereocenters. The first-order valence-corrected chi connectivity index (χ1v) is 44.6. The highest BCUT2D eigenvalue weighted by molar-refractivity contribution is 7.20. The van der Waals surface area contributed by atoms with Gasteiger partial charge in [0.05, 0.1) is 46.1 Å². The Morgan fingerprint density at radius 1 is 0.386 bits per heavy atom. The number of hydrogen-bond donors (Lipinski definition) is 2. The summed E-state index contributed by atoms with van der Waals surface area (Å²) in [7, 11) is 4.29. The second-order valence-electron chi connectivity index (χ2n) is 30.5. The van der Waals surface area contributed by atoms with Gasteiger partial charge in [0.2, 0.25) is 0 Å². The molecule has 0 unspecified atom stereocenters. The van der Waals surface area contributed by atoms with E-state index in [1.807, 2.05) is 46.1 Å². The molecule has 0 bridgehead atoms. The SMILES string of the molecule is CN(C)CCN1CCN(c2ncnc3sc4c(c23)CCC4)CC1.Cl.Clc1ncnc2sc3c(c12)CCC3.NCCN1CCN(c2ncnc3sc4c(c23)CCC4)CC1.c1ccc(C(=NCCN2CCN(c3ncnc4sc5c(c34)CCC5)CC2)c2ccccc2)cc1.c1ccc(C(=NCCN2CCNCC2)c2ccccc2)cc1. The summed E-state index contributed by atoms with van der Waals surface area (Å²) in [5.41, 5.74) is 18.5. The normalized spacial score (nSPS) is 16.9. The maximum atomic E-state index is 6.04. The number of thiophene rings is 4. The van der Waals surface area contributed by atoms with E-state index in [1.165, 1.54) is 173 Å². The number of anilines is 3. The predicted octanol–water partition coefficient (Wildman–Crippen LogP) is 13.6. The summed E-state index contributed by atoms with van der Waals surface area (Å²) in [6.07, 6.45) is 21.4. The van der Waals surface area contributed by atoms with Crippen LogP contribution in [0, 0.1) is 0 Å². The second-order valence-corrected chi connectivity index (χ2v) is 35.2. The van der Waals surface area contributed by atoms with E-state index in [1.54, 1.807) is 35.2 Å². The van der Waals surface area contributed by atoms with Crippen molar-refractivity contribution in [2.75, 3.05) is 186 Å². The molecule has 8 aromatic heterocycles. The fourth-order valence-corrected chi connectivity index (χ4v) is 22.2. The molecule has 3 N–H and O–H groups in total. The number of nitrogens with zero attached hydrogens (tertiary/aromatic N) is 18. The zero-order valence-electron chi connectivity index (χ0n) is 65.9. The summed E-state index contributed by atoms with van der Waals surface area (Å²) < 4.78 is 0. The molecule has 20 rings (SSSR count). The molecule has 12 heterocycles. The van der Waals surface area contributed by atoms with Gasteiger partial charge < -0.3 is 30.7 Å². The quantitative estimate of drug-likeness (QED) is 0.0608. The van der Waals surface area contributed by atoms with E-state index >= 15 is 0 Å². The van der Waals surface area contributed by atoms with Crippen LogP contribution < -0.4 is 25.8 Å². The summed E-state index contributed by atoms with van der Waals surface area (Å²) in [5.74, 6) is 3.49. The fraction of sp³-hybridized carbons (Fsp3) is 0.432. The highest BCUT2D eigenvalue weighted by atomic mass is 35.5. The summed E-state index contributed by atoms with van der Waals surface area (Å²) >= 11 is 13.4. The summed E-state index contributed by atoms with van der Waals surface area (Å²) in [6.45, 7) is 24.9. The number of benzene rings is 4. The smallest absolute Gasteiger partial charge is 0.141 e. The number of rotatable bonds is 18. The van der Waals surface area contributed by atoms with Crippen molar-refractivity contribution in [3.63, 3.8) is 0 Å². The lowest BCUT2D eigenvalue weighted by Gasteiger charge is -2.36. The van der Waals surface area contributed by atoms with Crippen molar-refractivity contribution in [2.45, 2.75) is 77.0 Å². The standard InChI is InChI=1S/C28H29N5S.C19H23N3.C17H25N5S.C15H21N5S.C9H7ClN2S.ClH/c1-3-8-21(9-4-1)26(22-10-5-2-6-11-22)29-14-15-32-16-18-33(19-17-32)27-25-23-12-7-13-24(23)34-28(25)31-20-30-27;1-3-7-17(8-4-1)19(18-9-5-2-6-10-18)21-13-16-22-14-11-20-12-15-22;1-20(2)6-7-21-8-10-22(11-9-21)16-15-13-4-3-5-14(13)23-17(15)19-12-18-16;16-4-5-19-6-8-20(9-7-19)14-13-11-2-1-3-12(11)21-15(13)18-10-17-14;10-8-7-5-2-1-3-6(5)13-9(7)12-4-11-8;/h1-6,8-11,20H,7,12-19H2;1-10,20H,11-16H2;12H,3-11H2,1-2H3;10H,1-9,16H2;4H,1-3H2;1H.